The van der Waals surface area contributed by atoms with E-state index in [-0.39, 0.29) is 24.7 Å². The SMILES string of the molecule is COc1ccc(OCCNC(=O)CCC(=O)N2CCc3sccc3C2)cc1. The molecule has 1 aromatic carbocycles. The van der Waals surface area contributed by atoms with Gasteiger partial charge in [0.2, 0.25) is 11.8 Å². The molecule has 1 aliphatic rings. The first-order valence-electron chi connectivity index (χ1n) is 9.02. The number of thiophene rings is 1. The van der Waals surface area contributed by atoms with Crippen molar-refractivity contribution in [1.29, 1.82) is 0 Å². The van der Waals surface area contributed by atoms with E-state index in [0.29, 0.717) is 19.7 Å². The Bertz CT molecular complexity index is 773. The highest BCUT2D eigenvalue weighted by atomic mass is 32.1. The number of ether oxygens (including phenoxy) is 2. The van der Waals surface area contributed by atoms with Gasteiger partial charge in [0.05, 0.1) is 13.7 Å². The molecule has 6 nitrogen and oxygen atoms in total. The number of amides is 2. The summed E-state index contributed by atoms with van der Waals surface area (Å²) in [6.45, 7) is 2.18. The minimum atomic E-state index is -0.130. The van der Waals surface area contributed by atoms with Crippen molar-refractivity contribution in [3.63, 3.8) is 0 Å². The maximum atomic E-state index is 12.3. The molecule has 0 radical (unpaired) electrons. The summed E-state index contributed by atoms with van der Waals surface area (Å²) in [5.41, 5.74) is 1.24. The lowest BCUT2D eigenvalue weighted by molar-refractivity contribution is -0.134. The fourth-order valence-electron chi connectivity index (χ4n) is 2.96. The summed E-state index contributed by atoms with van der Waals surface area (Å²) >= 11 is 1.75. The third kappa shape index (κ3) is 5.47. The number of benzene rings is 1. The molecule has 0 atom stereocenters. The summed E-state index contributed by atoms with van der Waals surface area (Å²) in [6, 6.07) is 9.35. The van der Waals surface area contributed by atoms with E-state index in [4.69, 9.17) is 9.47 Å². The molecule has 0 saturated heterocycles. The third-order valence-corrected chi connectivity index (χ3v) is 5.50. The minimum absolute atomic E-state index is 0.0384. The van der Waals surface area contributed by atoms with Gasteiger partial charge in [0.25, 0.3) is 0 Å². The molecule has 0 unspecified atom stereocenters. The molecule has 3 rings (SSSR count). The summed E-state index contributed by atoms with van der Waals surface area (Å²) in [6.07, 6.45) is 1.35. The Balaban J connectivity index is 1.31. The summed E-state index contributed by atoms with van der Waals surface area (Å²) in [4.78, 5) is 27.5. The molecule has 0 bridgehead atoms. The molecular weight excluding hydrogens is 364 g/mol. The second-order valence-corrected chi connectivity index (χ2v) is 7.31. The van der Waals surface area contributed by atoms with Crippen LogP contribution in [0.25, 0.3) is 0 Å². The van der Waals surface area contributed by atoms with Crippen molar-refractivity contribution < 1.29 is 19.1 Å². The second kappa shape index (κ2) is 9.41. The number of hydrogen-bond acceptors (Lipinski definition) is 5. The predicted molar refractivity (Wildman–Crippen MR) is 104 cm³/mol. The molecule has 0 aliphatic carbocycles. The highest BCUT2D eigenvalue weighted by Crippen LogP contribution is 2.24. The van der Waals surface area contributed by atoms with E-state index in [9.17, 15) is 9.59 Å². The Morgan fingerprint density at radius 1 is 1.15 bits per heavy atom. The fourth-order valence-corrected chi connectivity index (χ4v) is 3.85. The van der Waals surface area contributed by atoms with E-state index in [1.807, 2.05) is 29.2 Å². The zero-order valence-corrected chi connectivity index (χ0v) is 16.2. The molecule has 2 aromatic rings. The molecule has 2 heterocycles. The first kappa shape index (κ1) is 19.2. The Morgan fingerprint density at radius 3 is 2.70 bits per heavy atom. The highest BCUT2D eigenvalue weighted by molar-refractivity contribution is 7.10. The monoisotopic (exact) mass is 388 g/mol. The van der Waals surface area contributed by atoms with Gasteiger partial charge in [0.1, 0.15) is 18.1 Å². The first-order valence-corrected chi connectivity index (χ1v) is 9.90. The van der Waals surface area contributed by atoms with Gasteiger partial charge >= 0.3 is 0 Å². The van der Waals surface area contributed by atoms with Gasteiger partial charge in [-0.25, -0.2) is 0 Å². The zero-order valence-electron chi connectivity index (χ0n) is 15.4. The zero-order chi connectivity index (χ0) is 19.1. The van der Waals surface area contributed by atoms with Crippen LogP contribution in [0.15, 0.2) is 35.7 Å². The molecular formula is C20H24N2O4S. The number of nitrogens with zero attached hydrogens (tertiary/aromatic N) is 1. The lowest BCUT2D eigenvalue weighted by Gasteiger charge is -2.27. The largest absolute Gasteiger partial charge is 0.497 e. The predicted octanol–water partition coefficient (Wildman–Crippen LogP) is 2.62. The first-order chi connectivity index (χ1) is 13.2. The number of rotatable bonds is 8. The van der Waals surface area contributed by atoms with Crippen LogP contribution in [0.5, 0.6) is 11.5 Å². The third-order valence-electron chi connectivity index (χ3n) is 4.48. The summed E-state index contributed by atoms with van der Waals surface area (Å²) < 4.78 is 10.6. The molecule has 2 amide bonds. The van der Waals surface area contributed by atoms with Crippen molar-refractivity contribution in [2.24, 2.45) is 0 Å². The Kier molecular flexibility index (Phi) is 6.70. The van der Waals surface area contributed by atoms with Gasteiger partial charge in [-0.3, -0.25) is 9.59 Å². The Morgan fingerprint density at radius 2 is 1.93 bits per heavy atom. The van der Waals surface area contributed by atoms with Crippen molar-refractivity contribution in [3.8, 4) is 11.5 Å². The fraction of sp³-hybridized carbons (Fsp3) is 0.400. The van der Waals surface area contributed by atoms with E-state index in [0.717, 1.165) is 24.5 Å². The summed E-state index contributed by atoms with van der Waals surface area (Å²) in [5, 5.41) is 4.86. The van der Waals surface area contributed by atoms with E-state index < -0.39 is 0 Å². The van der Waals surface area contributed by atoms with Crippen LogP contribution < -0.4 is 14.8 Å². The Hall–Kier alpha value is -2.54. The molecule has 0 saturated carbocycles. The van der Waals surface area contributed by atoms with Gasteiger partial charge in [-0.15, -0.1) is 11.3 Å². The number of fused-ring (bicyclic) bond motifs is 1. The van der Waals surface area contributed by atoms with Gasteiger partial charge < -0.3 is 19.7 Å². The van der Waals surface area contributed by atoms with Crippen LogP contribution in [0.4, 0.5) is 0 Å². The van der Waals surface area contributed by atoms with Crippen molar-refractivity contribution in [3.05, 3.63) is 46.2 Å². The molecule has 0 fully saturated rings. The molecule has 27 heavy (non-hydrogen) atoms. The maximum Gasteiger partial charge on any atom is 0.223 e. The average Bonchev–Trinajstić information content (AvgIpc) is 3.17. The average molecular weight is 388 g/mol. The van der Waals surface area contributed by atoms with Gasteiger partial charge in [-0.1, -0.05) is 0 Å². The minimum Gasteiger partial charge on any atom is -0.497 e. The molecule has 7 heteroatoms. The van der Waals surface area contributed by atoms with Crippen LogP contribution in [0.3, 0.4) is 0 Å². The molecule has 1 aliphatic heterocycles. The van der Waals surface area contributed by atoms with Crippen LogP contribution >= 0.6 is 11.3 Å². The highest BCUT2D eigenvalue weighted by Gasteiger charge is 2.21. The Labute approximate surface area is 163 Å². The van der Waals surface area contributed by atoms with Crippen molar-refractivity contribution in [2.45, 2.75) is 25.8 Å². The van der Waals surface area contributed by atoms with Gasteiger partial charge in [-0.05, 0) is 47.7 Å². The molecule has 144 valence electrons. The molecule has 1 N–H and O–H groups in total. The summed E-state index contributed by atoms with van der Waals surface area (Å²) in [7, 11) is 1.61. The van der Waals surface area contributed by atoms with Crippen LogP contribution in [-0.4, -0.2) is 43.5 Å². The standard InChI is InChI=1S/C20H24N2O4S/c1-25-16-2-4-17(5-3-16)26-12-10-21-19(23)6-7-20(24)22-11-8-18-15(14-22)9-13-27-18/h2-5,9,13H,6-8,10-12,14H2,1H3,(H,21,23). The number of methoxy groups -OCH3 is 1. The van der Waals surface area contributed by atoms with Crippen LogP contribution in [-0.2, 0) is 22.6 Å². The van der Waals surface area contributed by atoms with E-state index >= 15 is 0 Å². The lowest BCUT2D eigenvalue weighted by atomic mass is 10.1. The summed E-state index contributed by atoms with van der Waals surface area (Å²) in [5.74, 6) is 1.40. The number of hydrogen-bond donors (Lipinski definition) is 1. The van der Waals surface area contributed by atoms with E-state index in [1.165, 1.54) is 10.4 Å². The number of carbonyl (C=O) groups is 2. The van der Waals surface area contributed by atoms with Crippen LogP contribution in [0.2, 0.25) is 0 Å². The van der Waals surface area contributed by atoms with Crippen molar-refractivity contribution in [1.82, 2.24) is 10.2 Å². The normalized spacial score (nSPS) is 13.0. The van der Waals surface area contributed by atoms with Gasteiger partial charge in [0, 0.05) is 30.8 Å². The van der Waals surface area contributed by atoms with Gasteiger partial charge in [0.15, 0.2) is 0 Å². The quantitative estimate of drug-likeness (QED) is 0.706. The number of carbonyl (C=O) groups excluding carboxylic acids is 2. The van der Waals surface area contributed by atoms with Gasteiger partial charge in [-0.2, -0.15) is 0 Å². The van der Waals surface area contributed by atoms with Crippen molar-refractivity contribution in [2.75, 3.05) is 26.8 Å². The van der Waals surface area contributed by atoms with E-state index in [2.05, 4.69) is 16.8 Å². The molecule has 1 aromatic heterocycles. The van der Waals surface area contributed by atoms with Crippen LogP contribution in [0.1, 0.15) is 23.3 Å². The second-order valence-electron chi connectivity index (χ2n) is 6.31. The van der Waals surface area contributed by atoms with Crippen LogP contribution in [0, 0.1) is 0 Å². The lowest BCUT2D eigenvalue weighted by Crippen LogP contribution is -2.36. The topological polar surface area (TPSA) is 67.9 Å². The van der Waals surface area contributed by atoms with Crippen molar-refractivity contribution >= 4 is 23.2 Å². The number of nitrogens with one attached hydrogen (secondary N) is 1. The smallest absolute Gasteiger partial charge is 0.223 e. The van der Waals surface area contributed by atoms with E-state index in [1.54, 1.807) is 18.4 Å². The maximum absolute atomic E-state index is 12.3. The molecule has 0 spiro atoms.